The van der Waals surface area contributed by atoms with Crippen molar-refractivity contribution in [3.8, 4) is 67.8 Å². The minimum absolute atomic E-state index is 0.137. The average molecular weight is 1180 g/mol. The van der Waals surface area contributed by atoms with Crippen LogP contribution in [0.3, 0.4) is 0 Å². The van der Waals surface area contributed by atoms with Gasteiger partial charge < -0.3 is 0 Å². The number of pyridine rings is 1. The first-order valence-electron chi connectivity index (χ1n) is 30.1. The summed E-state index contributed by atoms with van der Waals surface area (Å²) in [6.07, 6.45) is 1.85. The van der Waals surface area contributed by atoms with E-state index in [4.69, 9.17) is 17.9 Å². The summed E-state index contributed by atoms with van der Waals surface area (Å²) in [5, 5.41) is 3.82. The van der Waals surface area contributed by atoms with Gasteiger partial charge in [0, 0.05) is 6.20 Å². The molecule has 14 rings (SSSR count). The maximum absolute atomic E-state index is 9.62. The van der Waals surface area contributed by atoms with Crippen LogP contribution in [0.5, 0.6) is 11.5 Å². The third kappa shape index (κ3) is 7.90. The summed E-state index contributed by atoms with van der Waals surface area (Å²) in [6.45, 7) is 6.54. The van der Waals surface area contributed by atoms with Gasteiger partial charge in [-0.2, -0.15) is 0 Å². The van der Waals surface area contributed by atoms with E-state index in [9.17, 15) is 5.48 Å². The van der Waals surface area contributed by atoms with Crippen LogP contribution in [0.4, 0.5) is 0 Å². The molecule has 77 heavy (non-hydrogen) atoms. The maximum atomic E-state index is 9.62. The Labute approximate surface area is 471 Å². The van der Waals surface area contributed by atoms with Crippen molar-refractivity contribution in [2.75, 3.05) is 0 Å². The van der Waals surface area contributed by atoms with E-state index in [2.05, 4.69) is 81.1 Å². The predicted molar refractivity (Wildman–Crippen MR) is 312 cm³/mol. The summed E-state index contributed by atoms with van der Waals surface area (Å²) in [4.78, 5) is 4.92. The number of imidazole rings is 1. The molecule has 0 aliphatic rings. The summed E-state index contributed by atoms with van der Waals surface area (Å²) in [5.41, 5.74) is 8.31. The van der Waals surface area contributed by atoms with E-state index in [-0.39, 0.29) is 33.4 Å². The van der Waals surface area contributed by atoms with Crippen molar-refractivity contribution in [3.05, 3.63) is 264 Å². The standard InChI is InChI=1S/C70H49N5O.Pt/c1-70(2,3)50-38-39-71-68(40-50)75-63-35-18-15-32-56(63)60-44-57(47-22-7-4-8-23-47)67(45-66(60)75)76-53-29-21-28-51(41-53)72-46-73(65-37-20-19-36-64(65)72)69-58(48-24-9-5-10-25-48)42-52(43-59(69)49-26-11-6-12-27-49)74-61-33-16-13-30-54(61)55-31-14-17-34-62(55)74;/h4-40,42-44H,1-3H3;/q-2;/i5D,6D,9D,10D,11D,12D,24D,25D,26D,27D;. The van der Waals surface area contributed by atoms with Crippen molar-refractivity contribution in [2.45, 2.75) is 26.2 Å². The van der Waals surface area contributed by atoms with Gasteiger partial charge in [0.2, 0.25) is 0 Å². The summed E-state index contributed by atoms with van der Waals surface area (Å²) < 4.78 is 108. The van der Waals surface area contributed by atoms with E-state index in [1.165, 1.54) is 0 Å². The molecule has 0 amide bonds. The zero-order valence-electron chi connectivity index (χ0n) is 51.8. The Kier molecular flexibility index (Phi) is 8.90. The molecule has 0 radical (unpaired) electrons. The van der Waals surface area contributed by atoms with Crippen molar-refractivity contribution in [3.63, 3.8) is 0 Å². The van der Waals surface area contributed by atoms with Crippen LogP contribution in [0, 0.1) is 15.9 Å². The molecule has 0 spiro atoms. The first-order valence-corrected chi connectivity index (χ1v) is 26.3. The monoisotopic (exact) mass is 1180 g/mol. The van der Waals surface area contributed by atoms with Gasteiger partial charge in [0.05, 0.1) is 0 Å². The average Bonchev–Trinajstić information content (AvgIpc) is 1.80. The molecule has 0 aliphatic carbocycles. The summed E-state index contributed by atoms with van der Waals surface area (Å²) in [5.74, 6) is 1.53. The predicted octanol–water partition coefficient (Wildman–Crippen LogP) is 17.8. The molecule has 0 N–H and O–H groups in total. The molecular weight excluding hydrogens is 1120 g/mol. The second kappa shape index (κ2) is 18.6. The third-order valence-electron chi connectivity index (χ3n) is 14.2. The van der Waals surface area contributed by atoms with E-state index < -0.39 is 60.4 Å². The fraction of sp³-hybridized carbons (Fsp3) is 0.0571. The van der Waals surface area contributed by atoms with Crippen LogP contribution in [0.2, 0.25) is 0 Å². The first kappa shape index (κ1) is 36.8. The Morgan fingerprint density at radius 1 is 0.481 bits per heavy atom. The molecular formula is C70H49N5OPt-2. The topological polar surface area (TPSA) is 41.8 Å². The number of benzene rings is 10. The van der Waals surface area contributed by atoms with Crippen LogP contribution in [0.25, 0.3) is 111 Å². The van der Waals surface area contributed by atoms with Crippen LogP contribution in [-0.4, -0.2) is 23.3 Å². The van der Waals surface area contributed by atoms with E-state index in [0.717, 1.165) is 66.1 Å². The molecule has 0 saturated heterocycles. The Morgan fingerprint density at radius 2 is 1.03 bits per heavy atom. The van der Waals surface area contributed by atoms with Gasteiger partial charge in [0.15, 0.2) is 0 Å². The molecule has 0 unspecified atom stereocenters. The number of para-hydroxylation sites is 5. The molecule has 0 atom stereocenters. The number of nitrogens with zero attached hydrogens (tertiary/aromatic N) is 5. The summed E-state index contributed by atoms with van der Waals surface area (Å²) in [7, 11) is 0. The summed E-state index contributed by atoms with van der Waals surface area (Å²) >= 11 is 2.19. The zero-order chi connectivity index (χ0) is 60.5. The minimum atomic E-state index is -0.588. The van der Waals surface area contributed by atoms with Crippen molar-refractivity contribution >= 4 is 54.6 Å². The van der Waals surface area contributed by atoms with E-state index in [0.29, 0.717) is 37.7 Å². The number of aromatic nitrogens is 5. The first-order chi connectivity index (χ1) is 41.9. The van der Waals surface area contributed by atoms with Gasteiger partial charge in [-0.15, -0.1) is 0 Å². The SMILES string of the molecule is [2H]c1c([2H])c([2H])c(-c2cc(-n3c4ccccc4c4ccccc43)cc(-c3c([2H])c([2H])c([2H])c([2H])c3[2H])c2-n2[c](=[Pt])n(-c3[c-]c(Oc4[c-]c5c(cc4-c4ccccc4)c4ccccc4n5-c4cc(C(C)(C)C)ccn4)ccc3)c3ccccc32)c([2H])c1[2H]. The molecule has 0 saturated carbocycles. The molecule has 0 aliphatic heterocycles. The second-order valence-electron chi connectivity index (χ2n) is 19.8. The number of hydrogen-bond donors (Lipinski definition) is 0. The number of rotatable bonds is 9. The van der Waals surface area contributed by atoms with Crippen LogP contribution >= 0.6 is 0 Å². The second-order valence-corrected chi connectivity index (χ2v) is 20.8. The fourth-order valence-corrected chi connectivity index (χ4v) is 11.8. The number of hydrogen-bond acceptors (Lipinski definition) is 2. The molecule has 0 fully saturated rings. The van der Waals surface area contributed by atoms with Gasteiger partial charge in [-0.1, -0.05) is 32.9 Å². The van der Waals surface area contributed by atoms with Crippen molar-refractivity contribution in [2.24, 2.45) is 0 Å². The van der Waals surface area contributed by atoms with Gasteiger partial charge >= 0.3 is 418 Å². The quantitative estimate of drug-likeness (QED) is 0.135. The summed E-state index contributed by atoms with van der Waals surface area (Å²) in [6, 6.07) is 58.8. The molecule has 6 nitrogen and oxygen atoms in total. The van der Waals surface area contributed by atoms with Crippen LogP contribution in [0.1, 0.15) is 40.0 Å². The molecule has 14 aromatic rings. The fourth-order valence-electron chi connectivity index (χ4n) is 10.7. The Bertz CT molecular complexity index is 5090. The van der Waals surface area contributed by atoms with Gasteiger partial charge in [-0.25, -0.2) is 0 Å². The zero-order valence-corrected chi connectivity index (χ0v) is 44.1. The molecule has 10 aromatic carbocycles. The van der Waals surface area contributed by atoms with Gasteiger partial charge in [0.25, 0.3) is 0 Å². The Morgan fingerprint density at radius 3 is 1.64 bits per heavy atom. The molecule has 372 valence electrons. The van der Waals surface area contributed by atoms with Gasteiger partial charge in [-0.3, -0.25) is 0 Å². The molecule has 4 aromatic heterocycles. The number of ether oxygens (including phenoxy) is 1. The van der Waals surface area contributed by atoms with Crippen LogP contribution in [0.15, 0.2) is 243 Å². The van der Waals surface area contributed by atoms with E-state index >= 15 is 0 Å². The molecule has 4 heterocycles. The molecule has 0 bridgehead atoms. The van der Waals surface area contributed by atoms with Crippen LogP contribution in [-0.2, 0) is 24.8 Å². The van der Waals surface area contributed by atoms with Gasteiger partial charge in [-0.05, 0) is 17.0 Å². The number of fused-ring (bicyclic) bond motifs is 7. The normalized spacial score (nSPS) is 13.7. The van der Waals surface area contributed by atoms with Crippen molar-refractivity contribution in [1.29, 1.82) is 0 Å². The van der Waals surface area contributed by atoms with Crippen molar-refractivity contribution in [1.82, 2.24) is 23.3 Å². The Balaban J connectivity index is 1.04. The van der Waals surface area contributed by atoms with Crippen molar-refractivity contribution < 1.29 is 37.8 Å². The third-order valence-corrected chi connectivity index (χ3v) is 15.2. The van der Waals surface area contributed by atoms with Crippen LogP contribution < -0.4 is 4.74 Å². The van der Waals surface area contributed by atoms with E-state index in [1.54, 1.807) is 12.1 Å². The Hall–Kier alpha value is -9.09. The molecule has 7 heteroatoms. The van der Waals surface area contributed by atoms with E-state index in [1.807, 2.05) is 159 Å². The van der Waals surface area contributed by atoms with Gasteiger partial charge in [0.1, 0.15) is 0 Å².